The van der Waals surface area contributed by atoms with Gasteiger partial charge in [0.2, 0.25) is 0 Å². The standard InChI is InChI=1S/C12H14N2O3/c1-13-7-3-2-4-10-5-6-11(9-15)12(8-10)14(16)17/h2,4-6,8-9,13H,3,7H2,1H3. The normalized spacial score (nSPS) is 10.6. The van der Waals surface area contributed by atoms with Crippen molar-refractivity contribution in [3.8, 4) is 0 Å². The second kappa shape index (κ2) is 6.55. The van der Waals surface area contributed by atoms with Gasteiger partial charge in [0.15, 0.2) is 6.29 Å². The van der Waals surface area contributed by atoms with Crippen molar-refractivity contribution in [3.63, 3.8) is 0 Å². The van der Waals surface area contributed by atoms with Crippen LogP contribution < -0.4 is 5.32 Å². The fourth-order valence-corrected chi connectivity index (χ4v) is 1.37. The second-order valence-electron chi connectivity index (χ2n) is 3.49. The molecule has 1 rings (SSSR count). The molecule has 0 saturated heterocycles. The van der Waals surface area contributed by atoms with Crippen molar-refractivity contribution in [2.75, 3.05) is 13.6 Å². The van der Waals surface area contributed by atoms with Gasteiger partial charge >= 0.3 is 0 Å². The number of carbonyl (C=O) groups excluding carboxylic acids is 1. The Labute approximate surface area is 99.3 Å². The summed E-state index contributed by atoms with van der Waals surface area (Å²) in [5.74, 6) is 0. The molecule has 0 amide bonds. The number of aldehydes is 1. The van der Waals surface area contributed by atoms with Crippen molar-refractivity contribution < 1.29 is 9.72 Å². The molecule has 5 nitrogen and oxygen atoms in total. The summed E-state index contributed by atoms with van der Waals surface area (Å²) in [5, 5.41) is 13.7. The maximum Gasteiger partial charge on any atom is 0.280 e. The van der Waals surface area contributed by atoms with Gasteiger partial charge in [0.25, 0.3) is 5.69 Å². The van der Waals surface area contributed by atoms with Crippen molar-refractivity contribution in [3.05, 3.63) is 45.5 Å². The number of nitro groups is 1. The molecule has 0 aromatic heterocycles. The highest BCUT2D eigenvalue weighted by Gasteiger charge is 2.12. The summed E-state index contributed by atoms with van der Waals surface area (Å²) >= 11 is 0. The van der Waals surface area contributed by atoms with E-state index >= 15 is 0 Å². The molecule has 0 fully saturated rings. The summed E-state index contributed by atoms with van der Waals surface area (Å²) in [7, 11) is 1.86. The number of nitro benzene ring substituents is 1. The molecule has 90 valence electrons. The van der Waals surface area contributed by atoms with Gasteiger partial charge in [0, 0.05) is 6.07 Å². The number of benzene rings is 1. The number of hydrogen-bond donors (Lipinski definition) is 1. The number of rotatable bonds is 6. The van der Waals surface area contributed by atoms with Gasteiger partial charge in [-0.3, -0.25) is 14.9 Å². The van der Waals surface area contributed by atoms with E-state index in [1.807, 2.05) is 13.1 Å². The zero-order valence-corrected chi connectivity index (χ0v) is 9.55. The highest BCUT2D eigenvalue weighted by Crippen LogP contribution is 2.19. The van der Waals surface area contributed by atoms with Crippen molar-refractivity contribution >= 4 is 18.0 Å². The van der Waals surface area contributed by atoms with Gasteiger partial charge in [-0.25, -0.2) is 0 Å². The Hall–Kier alpha value is -2.01. The first-order valence-corrected chi connectivity index (χ1v) is 5.23. The van der Waals surface area contributed by atoms with Gasteiger partial charge in [-0.2, -0.15) is 0 Å². The van der Waals surface area contributed by atoms with Gasteiger partial charge in [0.1, 0.15) is 0 Å². The summed E-state index contributed by atoms with van der Waals surface area (Å²) in [6.07, 6.45) is 5.07. The van der Waals surface area contributed by atoms with E-state index in [9.17, 15) is 14.9 Å². The lowest BCUT2D eigenvalue weighted by molar-refractivity contribution is -0.385. The minimum absolute atomic E-state index is 0.0994. The highest BCUT2D eigenvalue weighted by molar-refractivity contribution is 5.82. The molecule has 0 aliphatic rings. The molecule has 0 spiro atoms. The highest BCUT2D eigenvalue weighted by atomic mass is 16.6. The molecule has 0 saturated carbocycles. The third-order valence-electron chi connectivity index (χ3n) is 2.25. The number of carbonyl (C=O) groups is 1. The Morgan fingerprint density at radius 3 is 2.82 bits per heavy atom. The summed E-state index contributed by atoms with van der Waals surface area (Å²) in [6, 6.07) is 4.55. The van der Waals surface area contributed by atoms with Gasteiger partial charge in [-0.05, 0) is 31.6 Å². The van der Waals surface area contributed by atoms with E-state index in [4.69, 9.17) is 0 Å². The van der Waals surface area contributed by atoms with Crippen LogP contribution in [0.25, 0.3) is 6.08 Å². The molecule has 1 aromatic carbocycles. The van der Waals surface area contributed by atoms with Crippen molar-refractivity contribution in [1.82, 2.24) is 5.32 Å². The van der Waals surface area contributed by atoms with Gasteiger partial charge in [0.05, 0.1) is 10.5 Å². The molecule has 0 radical (unpaired) electrons. The van der Waals surface area contributed by atoms with Gasteiger partial charge in [-0.1, -0.05) is 18.2 Å². The fourth-order valence-electron chi connectivity index (χ4n) is 1.37. The Balaban J connectivity index is 2.88. The zero-order chi connectivity index (χ0) is 12.7. The van der Waals surface area contributed by atoms with E-state index in [2.05, 4.69) is 5.32 Å². The molecule has 1 N–H and O–H groups in total. The third-order valence-corrected chi connectivity index (χ3v) is 2.25. The molecule has 0 heterocycles. The van der Waals surface area contributed by atoms with Crippen LogP contribution >= 0.6 is 0 Å². The third kappa shape index (κ3) is 3.81. The monoisotopic (exact) mass is 234 g/mol. The van der Waals surface area contributed by atoms with Crippen LogP contribution in [0, 0.1) is 10.1 Å². The van der Waals surface area contributed by atoms with Crippen molar-refractivity contribution in [1.29, 1.82) is 0 Å². The summed E-state index contributed by atoms with van der Waals surface area (Å²) < 4.78 is 0. The van der Waals surface area contributed by atoms with Crippen LogP contribution in [0.4, 0.5) is 5.69 Å². The van der Waals surface area contributed by atoms with E-state index < -0.39 is 4.92 Å². The van der Waals surface area contributed by atoms with Crippen LogP contribution in [0.3, 0.4) is 0 Å². The minimum atomic E-state index is -0.547. The summed E-state index contributed by atoms with van der Waals surface area (Å²) in [4.78, 5) is 20.8. The fraction of sp³-hybridized carbons (Fsp3) is 0.250. The van der Waals surface area contributed by atoms with E-state index in [0.717, 1.165) is 18.5 Å². The molecule has 1 aromatic rings. The van der Waals surface area contributed by atoms with Crippen molar-refractivity contribution in [2.24, 2.45) is 0 Å². The van der Waals surface area contributed by atoms with E-state index in [0.29, 0.717) is 6.29 Å². The molecule has 17 heavy (non-hydrogen) atoms. The second-order valence-corrected chi connectivity index (χ2v) is 3.49. The van der Waals surface area contributed by atoms with E-state index in [-0.39, 0.29) is 11.3 Å². The average Bonchev–Trinajstić information content (AvgIpc) is 2.34. The number of nitrogens with zero attached hydrogens (tertiary/aromatic N) is 1. The predicted octanol–water partition coefficient (Wildman–Crippen LogP) is 2.03. The van der Waals surface area contributed by atoms with E-state index in [1.165, 1.54) is 12.1 Å². The molecule has 5 heteroatoms. The molecule has 0 aliphatic heterocycles. The molecule has 0 aliphatic carbocycles. The van der Waals surface area contributed by atoms with Gasteiger partial charge in [-0.15, -0.1) is 0 Å². The Morgan fingerprint density at radius 2 is 2.24 bits per heavy atom. The van der Waals surface area contributed by atoms with Crippen molar-refractivity contribution in [2.45, 2.75) is 6.42 Å². The van der Waals surface area contributed by atoms with Crippen LogP contribution in [0.2, 0.25) is 0 Å². The number of nitrogens with one attached hydrogen (secondary N) is 1. The lowest BCUT2D eigenvalue weighted by atomic mass is 10.1. The first kappa shape index (κ1) is 13.1. The lowest BCUT2D eigenvalue weighted by Gasteiger charge is -1.98. The molecule has 0 unspecified atom stereocenters. The average molecular weight is 234 g/mol. The maximum atomic E-state index is 10.7. The SMILES string of the molecule is CNCCC=Cc1ccc(C=O)c([N+](=O)[O-])c1. The largest absolute Gasteiger partial charge is 0.319 e. The zero-order valence-electron chi connectivity index (χ0n) is 9.55. The first-order chi connectivity index (χ1) is 8.19. The predicted molar refractivity (Wildman–Crippen MR) is 66.1 cm³/mol. The summed E-state index contributed by atoms with van der Waals surface area (Å²) in [6.45, 7) is 0.852. The van der Waals surface area contributed by atoms with Gasteiger partial charge < -0.3 is 5.32 Å². The molecular formula is C12H14N2O3. The van der Waals surface area contributed by atoms with Crippen LogP contribution in [0.5, 0.6) is 0 Å². The summed E-state index contributed by atoms with van der Waals surface area (Å²) in [5.41, 5.74) is 0.663. The van der Waals surface area contributed by atoms with Crippen LogP contribution in [-0.2, 0) is 0 Å². The van der Waals surface area contributed by atoms with E-state index in [1.54, 1.807) is 12.1 Å². The molecule has 0 atom stereocenters. The van der Waals surface area contributed by atoms with Crippen LogP contribution in [0.15, 0.2) is 24.3 Å². The Bertz CT molecular complexity index is 441. The maximum absolute atomic E-state index is 10.7. The first-order valence-electron chi connectivity index (χ1n) is 5.23. The van der Waals surface area contributed by atoms with Crippen LogP contribution in [-0.4, -0.2) is 24.8 Å². The smallest absolute Gasteiger partial charge is 0.280 e. The quantitative estimate of drug-likeness (QED) is 0.354. The minimum Gasteiger partial charge on any atom is -0.319 e. The Kier molecular flexibility index (Phi) is 5.03. The lowest BCUT2D eigenvalue weighted by Crippen LogP contribution is -2.05. The topological polar surface area (TPSA) is 72.2 Å². The molecular weight excluding hydrogens is 220 g/mol. The van der Waals surface area contributed by atoms with Crippen LogP contribution in [0.1, 0.15) is 22.3 Å². The number of hydrogen-bond acceptors (Lipinski definition) is 4. The Morgan fingerprint density at radius 1 is 1.47 bits per heavy atom. The molecule has 0 bridgehead atoms.